The van der Waals surface area contributed by atoms with Crippen molar-refractivity contribution in [2.75, 3.05) is 13.1 Å². The average molecular weight is 141 g/mol. The van der Waals surface area contributed by atoms with E-state index >= 15 is 0 Å². The molecule has 3 nitrogen and oxygen atoms in total. The molecule has 1 heterocycles. The van der Waals surface area contributed by atoms with Crippen LogP contribution in [0, 0.1) is 11.3 Å². The van der Waals surface area contributed by atoms with Crippen LogP contribution in [0.1, 0.15) is 12.8 Å². The monoisotopic (exact) mass is 141 g/mol. The van der Waals surface area contributed by atoms with Crippen molar-refractivity contribution in [2.45, 2.75) is 12.8 Å². The number of carbonyl (C=O) groups is 1. The van der Waals surface area contributed by atoms with E-state index in [-0.39, 0.29) is 11.3 Å². The average Bonchev–Trinajstić information content (AvgIpc) is 2.32. The fraction of sp³-hybridized carbons (Fsp3) is 0.857. The van der Waals surface area contributed by atoms with Gasteiger partial charge in [0.25, 0.3) is 0 Å². The van der Waals surface area contributed by atoms with Crippen LogP contribution in [-0.4, -0.2) is 24.2 Å². The van der Waals surface area contributed by atoms with Gasteiger partial charge < -0.3 is 10.4 Å². The fourth-order valence-corrected chi connectivity index (χ4v) is 1.93. The van der Waals surface area contributed by atoms with Crippen LogP contribution in [0.3, 0.4) is 0 Å². The van der Waals surface area contributed by atoms with Crippen LogP contribution >= 0.6 is 0 Å². The van der Waals surface area contributed by atoms with E-state index in [1.54, 1.807) is 0 Å². The zero-order valence-electron chi connectivity index (χ0n) is 5.76. The molecular formula is C7H11NO2. The van der Waals surface area contributed by atoms with Crippen molar-refractivity contribution < 1.29 is 9.90 Å². The van der Waals surface area contributed by atoms with E-state index in [2.05, 4.69) is 5.32 Å². The van der Waals surface area contributed by atoms with E-state index < -0.39 is 5.97 Å². The minimum atomic E-state index is -0.608. The number of rotatable bonds is 1. The lowest BCUT2D eigenvalue weighted by molar-refractivity contribution is -0.139. The van der Waals surface area contributed by atoms with Gasteiger partial charge in [0, 0.05) is 6.54 Å². The Hall–Kier alpha value is -0.570. The molecule has 0 aromatic heterocycles. The molecule has 1 spiro atoms. The van der Waals surface area contributed by atoms with Crippen molar-refractivity contribution in [2.24, 2.45) is 11.3 Å². The van der Waals surface area contributed by atoms with Crippen molar-refractivity contribution >= 4 is 5.97 Å². The summed E-state index contributed by atoms with van der Waals surface area (Å²) in [4.78, 5) is 10.5. The van der Waals surface area contributed by atoms with Gasteiger partial charge in [0.05, 0.1) is 5.92 Å². The minimum absolute atomic E-state index is 0.0394. The second-order valence-electron chi connectivity index (χ2n) is 3.38. The van der Waals surface area contributed by atoms with Crippen LogP contribution in [0.2, 0.25) is 0 Å². The Morgan fingerprint density at radius 2 is 2.50 bits per heavy atom. The van der Waals surface area contributed by atoms with Crippen molar-refractivity contribution in [3.63, 3.8) is 0 Å². The first-order chi connectivity index (χ1) is 4.75. The first kappa shape index (κ1) is 6.16. The van der Waals surface area contributed by atoms with Crippen molar-refractivity contribution in [1.82, 2.24) is 5.32 Å². The Balaban J connectivity index is 2.04. The molecule has 0 aromatic rings. The number of aliphatic carboxylic acids is 1. The van der Waals surface area contributed by atoms with Gasteiger partial charge in [-0.05, 0) is 24.8 Å². The molecule has 2 rings (SSSR count). The summed E-state index contributed by atoms with van der Waals surface area (Å²) >= 11 is 0. The molecule has 0 aromatic carbocycles. The van der Waals surface area contributed by atoms with E-state index in [9.17, 15) is 4.79 Å². The molecule has 0 radical (unpaired) electrons. The molecule has 1 saturated heterocycles. The summed E-state index contributed by atoms with van der Waals surface area (Å²) in [6.45, 7) is 1.92. The van der Waals surface area contributed by atoms with Gasteiger partial charge in [-0.15, -0.1) is 0 Å². The van der Waals surface area contributed by atoms with Gasteiger partial charge >= 0.3 is 5.97 Å². The third-order valence-corrected chi connectivity index (χ3v) is 2.76. The van der Waals surface area contributed by atoms with Gasteiger partial charge in [-0.25, -0.2) is 0 Å². The van der Waals surface area contributed by atoms with Gasteiger partial charge in [0.15, 0.2) is 0 Å². The van der Waals surface area contributed by atoms with Gasteiger partial charge in [0.2, 0.25) is 0 Å². The molecule has 56 valence electrons. The highest BCUT2D eigenvalue weighted by atomic mass is 16.4. The summed E-state index contributed by atoms with van der Waals surface area (Å²) in [7, 11) is 0. The Bertz CT molecular complexity index is 172. The number of carboxylic acids is 1. The molecule has 2 fully saturated rings. The summed E-state index contributed by atoms with van der Waals surface area (Å²) in [5.74, 6) is -0.647. The predicted octanol–water partition coefficient (Wildman–Crippen LogP) is 0.0706. The highest BCUT2D eigenvalue weighted by Gasteiger charge is 2.59. The number of nitrogens with one attached hydrogen (secondary N) is 1. The van der Waals surface area contributed by atoms with Crippen LogP contribution in [0.15, 0.2) is 0 Å². The molecule has 1 saturated carbocycles. The lowest BCUT2D eigenvalue weighted by Gasteiger charge is -2.01. The third-order valence-electron chi connectivity index (χ3n) is 2.76. The summed E-state index contributed by atoms with van der Waals surface area (Å²) in [6, 6.07) is 0. The van der Waals surface area contributed by atoms with Crippen LogP contribution in [0.4, 0.5) is 0 Å². The van der Waals surface area contributed by atoms with E-state index in [4.69, 9.17) is 5.11 Å². The van der Waals surface area contributed by atoms with E-state index in [0.717, 1.165) is 25.9 Å². The second-order valence-corrected chi connectivity index (χ2v) is 3.38. The first-order valence-corrected chi connectivity index (χ1v) is 3.68. The molecule has 2 aliphatic rings. The third kappa shape index (κ3) is 0.669. The van der Waals surface area contributed by atoms with Gasteiger partial charge in [-0.1, -0.05) is 0 Å². The zero-order valence-corrected chi connectivity index (χ0v) is 5.76. The maximum Gasteiger partial charge on any atom is 0.307 e. The lowest BCUT2D eigenvalue weighted by Crippen LogP contribution is -2.14. The second kappa shape index (κ2) is 1.72. The first-order valence-electron chi connectivity index (χ1n) is 3.68. The maximum atomic E-state index is 10.5. The van der Waals surface area contributed by atoms with Crippen LogP contribution in [0.5, 0.6) is 0 Å². The van der Waals surface area contributed by atoms with Gasteiger partial charge in [-0.2, -0.15) is 0 Å². The lowest BCUT2D eigenvalue weighted by atomic mass is 10.0. The fourth-order valence-electron chi connectivity index (χ4n) is 1.93. The minimum Gasteiger partial charge on any atom is -0.481 e. The summed E-state index contributed by atoms with van der Waals surface area (Å²) in [5, 5.41) is 11.8. The standard InChI is InChI=1S/C7H11NO2/c9-6(10)5-3-7(5)1-2-8-4-7/h5,8H,1-4H2,(H,9,10)/t5-,7-/m0/s1. The Kier molecular flexibility index (Phi) is 1.06. The number of hydrogen-bond donors (Lipinski definition) is 2. The molecule has 1 aliphatic heterocycles. The van der Waals surface area contributed by atoms with E-state index in [1.165, 1.54) is 0 Å². The van der Waals surface area contributed by atoms with Crippen molar-refractivity contribution in [1.29, 1.82) is 0 Å². The summed E-state index contributed by atoms with van der Waals surface area (Å²) in [5.41, 5.74) is 0.172. The summed E-state index contributed by atoms with van der Waals surface area (Å²) < 4.78 is 0. The number of hydrogen-bond acceptors (Lipinski definition) is 2. The van der Waals surface area contributed by atoms with Gasteiger partial charge in [-0.3, -0.25) is 4.79 Å². The highest BCUT2D eigenvalue weighted by Crippen LogP contribution is 2.56. The highest BCUT2D eigenvalue weighted by molar-refractivity contribution is 5.75. The molecular weight excluding hydrogens is 130 g/mol. The Morgan fingerprint density at radius 3 is 2.90 bits per heavy atom. The largest absolute Gasteiger partial charge is 0.481 e. The molecule has 0 bridgehead atoms. The van der Waals surface area contributed by atoms with Gasteiger partial charge in [0.1, 0.15) is 0 Å². The van der Waals surface area contributed by atoms with Crippen LogP contribution < -0.4 is 5.32 Å². The van der Waals surface area contributed by atoms with Crippen LogP contribution in [-0.2, 0) is 4.79 Å². The smallest absolute Gasteiger partial charge is 0.307 e. The Morgan fingerprint density at radius 1 is 1.70 bits per heavy atom. The normalized spacial score (nSPS) is 44.2. The molecule has 3 heteroatoms. The topological polar surface area (TPSA) is 49.3 Å². The molecule has 2 atom stereocenters. The predicted molar refractivity (Wildman–Crippen MR) is 35.7 cm³/mol. The summed E-state index contributed by atoms with van der Waals surface area (Å²) in [6.07, 6.45) is 1.96. The van der Waals surface area contributed by atoms with E-state index in [0.29, 0.717) is 0 Å². The quantitative estimate of drug-likeness (QED) is 0.543. The SMILES string of the molecule is O=C(O)[C@@H]1C[C@]12CCNC2. The Labute approximate surface area is 59.4 Å². The van der Waals surface area contributed by atoms with E-state index in [1.807, 2.05) is 0 Å². The molecule has 2 N–H and O–H groups in total. The van der Waals surface area contributed by atoms with Crippen molar-refractivity contribution in [3.8, 4) is 0 Å². The molecule has 1 aliphatic carbocycles. The molecule has 0 unspecified atom stereocenters. The maximum absolute atomic E-state index is 10.5. The molecule has 10 heavy (non-hydrogen) atoms. The number of carboxylic acid groups (broad SMARTS) is 1. The zero-order chi connectivity index (χ0) is 7.19. The molecule has 0 amide bonds. The van der Waals surface area contributed by atoms with Crippen molar-refractivity contribution in [3.05, 3.63) is 0 Å². The van der Waals surface area contributed by atoms with Crippen LogP contribution in [0.25, 0.3) is 0 Å².